The normalized spacial score (nSPS) is 16.6. The summed E-state index contributed by atoms with van der Waals surface area (Å²) in [6, 6.07) is 18.1. The fraction of sp³-hybridized carbons (Fsp3) is 0.278. The van der Waals surface area contributed by atoms with Gasteiger partial charge in [-0.05, 0) is 17.7 Å². The molecule has 114 valence electrons. The maximum absolute atomic E-state index is 11.7. The van der Waals surface area contributed by atoms with Gasteiger partial charge >= 0.3 is 5.97 Å². The molecule has 0 amide bonds. The van der Waals surface area contributed by atoms with Gasteiger partial charge in [0.2, 0.25) is 0 Å². The number of nitrogens with zero attached hydrogens (tertiary/aromatic N) is 1. The Kier molecular flexibility index (Phi) is 4.28. The van der Waals surface area contributed by atoms with Crippen molar-refractivity contribution in [3.05, 3.63) is 60.2 Å². The van der Waals surface area contributed by atoms with Gasteiger partial charge in [0.1, 0.15) is 12.4 Å². The maximum atomic E-state index is 11.7. The second-order valence-corrected chi connectivity index (χ2v) is 5.33. The van der Waals surface area contributed by atoms with Gasteiger partial charge < -0.3 is 14.4 Å². The van der Waals surface area contributed by atoms with E-state index >= 15 is 0 Å². The number of para-hydroxylation sites is 2. The van der Waals surface area contributed by atoms with Crippen molar-refractivity contribution in [3.8, 4) is 5.75 Å². The summed E-state index contributed by atoms with van der Waals surface area (Å²) in [5, 5.41) is 0. The molecule has 22 heavy (non-hydrogen) atoms. The molecule has 0 spiro atoms. The smallest absolute Gasteiger partial charge is 0.307 e. The highest BCUT2D eigenvalue weighted by atomic mass is 16.5. The molecule has 1 aliphatic heterocycles. The molecule has 0 unspecified atom stereocenters. The molecule has 4 heteroatoms. The Morgan fingerprint density at radius 3 is 2.68 bits per heavy atom. The van der Waals surface area contributed by atoms with E-state index in [1.54, 1.807) is 0 Å². The van der Waals surface area contributed by atoms with Crippen LogP contribution in [0.4, 0.5) is 5.69 Å². The zero-order valence-corrected chi connectivity index (χ0v) is 12.6. The Morgan fingerprint density at radius 2 is 1.91 bits per heavy atom. The van der Waals surface area contributed by atoms with Crippen molar-refractivity contribution >= 4 is 11.7 Å². The first-order chi connectivity index (χ1) is 10.8. The van der Waals surface area contributed by atoms with E-state index in [0.717, 1.165) is 18.0 Å². The second kappa shape index (κ2) is 6.52. The number of ether oxygens (including phenoxy) is 2. The molecule has 1 aliphatic rings. The molecular weight excluding hydrogens is 278 g/mol. The van der Waals surface area contributed by atoms with E-state index in [1.807, 2.05) is 42.5 Å². The van der Waals surface area contributed by atoms with E-state index in [2.05, 4.69) is 17.0 Å². The van der Waals surface area contributed by atoms with Crippen LogP contribution in [0.25, 0.3) is 0 Å². The zero-order valence-electron chi connectivity index (χ0n) is 12.6. The van der Waals surface area contributed by atoms with Crippen molar-refractivity contribution in [2.45, 2.75) is 19.0 Å². The van der Waals surface area contributed by atoms with E-state index in [4.69, 9.17) is 9.47 Å². The fourth-order valence-corrected chi connectivity index (χ4v) is 2.73. The molecular formula is C18H19NO3. The molecule has 2 aromatic rings. The first kappa shape index (κ1) is 14.4. The predicted octanol–water partition coefficient (Wildman–Crippen LogP) is 3.02. The molecule has 1 atom stereocenters. The van der Waals surface area contributed by atoms with Crippen LogP contribution in [0, 0.1) is 0 Å². The summed E-state index contributed by atoms with van der Waals surface area (Å²) in [5.74, 6) is 0.644. The van der Waals surface area contributed by atoms with Crippen LogP contribution in [-0.2, 0) is 16.1 Å². The number of hydrogen-bond donors (Lipinski definition) is 0. The van der Waals surface area contributed by atoms with Crippen LogP contribution in [-0.4, -0.2) is 25.7 Å². The van der Waals surface area contributed by atoms with Crippen LogP contribution in [0.2, 0.25) is 0 Å². The molecule has 0 radical (unpaired) electrons. The molecule has 0 fully saturated rings. The van der Waals surface area contributed by atoms with Crippen molar-refractivity contribution < 1.29 is 14.3 Å². The van der Waals surface area contributed by atoms with Gasteiger partial charge in [0.25, 0.3) is 0 Å². The zero-order chi connectivity index (χ0) is 15.4. The summed E-state index contributed by atoms with van der Waals surface area (Å²) < 4.78 is 10.6. The number of benzene rings is 2. The Hall–Kier alpha value is -2.49. The maximum Gasteiger partial charge on any atom is 0.307 e. The van der Waals surface area contributed by atoms with Gasteiger partial charge in [-0.25, -0.2) is 0 Å². The highest BCUT2D eigenvalue weighted by Crippen LogP contribution is 2.35. The molecule has 0 aliphatic carbocycles. The molecule has 0 saturated heterocycles. The third-order valence-electron chi connectivity index (χ3n) is 3.87. The van der Waals surface area contributed by atoms with Crippen LogP contribution >= 0.6 is 0 Å². The average Bonchev–Trinajstić information content (AvgIpc) is 2.57. The van der Waals surface area contributed by atoms with Gasteiger partial charge in [-0.1, -0.05) is 42.5 Å². The summed E-state index contributed by atoms with van der Waals surface area (Å²) in [7, 11) is 1.42. The van der Waals surface area contributed by atoms with Crippen LogP contribution in [0.5, 0.6) is 5.75 Å². The fourth-order valence-electron chi connectivity index (χ4n) is 2.73. The number of hydrogen-bond acceptors (Lipinski definition) is 4. The van der Waals surface area contributed by atoms with Crippen LogP contribution in [0.3, 0.4) is 0 Å². The Morgan fingerprint density at radius 1 is 1.18 bits per heavy atom. The summed E-state index contributed by atoms with van der Waals surface area (Å²) in [4.78, 5) is 13.9. The molecule has 0 bridgehead atoms. The molecule has 1 heterocycles. The number of anilines is 1. The van der Waals surface area contributed by atoms with Crippen molar-refractivity contribution in [1.29, 1.82) is 0 Å². The molecule has 0 aromatic heterocycles. The monoisotopic (exact) mass is 297 g/mol. The topological polar surface area (TPSA) is 38.8 Å². The van der Waals surface area contributed by atoms with Crippen LogP contribution < -0.4 is 9.64 Å². The first-order valence-corrected chi connectivity index (χ1v) is 7.37. The molecule has 0 N–H and O–H groups in total. The van der Waals surface area contributed by atoms with Gasteiger partial charge in [0.05, 0.1) is 25.3 Å². The van der Waals surface area contributed by atoms with Crippen LogP contribution in [0.1, 0.15) is 12.0 Å². The van der Waals surface area contributed by atoms with Crippen molar-refractivity contribution in [1.82, 2.24) is 0 Å². The number of carbonyl (C=O) groups excluding carboxylic acids is 1. The lowest BCUT2D eigenvalue weighted by molar-refractivity contribution is -0.141. The van der Waals surface area contributed by atoms with E-state index in [1.165, 1.54) is 12.7 Å². The van der Waals surface area contributed by atoms with Crippen molar-refractivity contribution in [2.24, 2.45) is 0 Å². The quantitative estimate of drug-likeness (QED) is 0.813. The number of carbonyl (C=O) groups is 1. The number of methoxy groups -OCH3 is 1. The highest BCUT2D eigenvalue weighted by Gasteiger charge is 2.29. The predicted molar refractivity (Wildman–Crippen MR) is 85.0 cm³/mol. The summed E-state index contributed by atoms with van der Waals surface area (Å²) in [5.41, 5.74) is 2.22. The Labute approximate surface area is 130 Å². The molecule has 2 aromatic carbocycles. The molecule has 4 nitrogen and oxygen atoms in total. The first-order valence-electron chi connectivity index (χ1n) is 7.37. The summed E-state index contributed by atoms with van der Waals surface area (Å²) in [6.07, 6.45) is 0.317. The second-order valence-electron chi connectivity index (χ2n) is 5.33. The lowest BCUT2D eigenvalue weighted by atomic mass is 10.1. The Balaban J connectivity index is 1.89. The molecule has 3 rings (SSSR count). The third kappa shape index (κ3) is 3.06. The van der Waals surface area contributed by atoms with Gasteiger partial charge in [-0.2, -0.15) is 0 Å². The van der Waals surface area contributed by atoms with E-state index in [0.29, 0.717) is 13.0 Å². The SMILES string of the molecule is COC(=O)C[C@@H]1COc2ccccc2N1Cc1ccccc1. The lowest BCUT2D eigenvalue weighted by Crippen LogP contribution is -2.44. The van der Waals surface area contributed by atoms with Gasteiger partial charge in [0, 0.05) is 6.54 Å². The van der Waals surface area contributed by atoms with Gasteiger partial charge in [-0.15, -0.1) is 0 Å². The van der Waals surface area contributed by atoms with Crippen LogP contribution in [0.15, 0.2) is 54.6 Å². The Bertz CT molecular complexity index is 642. The average molecular weight is 297 g/mol. The van der Waals surface area contributed by atoms with E-state index in [9.17, 15) is 4.79 Å². The van der Waals surface area contributed by atoms with Gasteiger partial charge in [0.15, 0.2) is 0 Å². The minimum atomic E-state index is -0.217. The largest absolute Gasteiger partial charge is 0.489 e. The number of esters is 1. The third-order valence-corrected chi connectivity index (χ3v) is 3.87. The van der Waals surface area contributed by atoms with Crippen molar-refractivity contribution in [3.63, 3.8) is 0 Å². The summed E-state index contributed by atoms with van der Waals surface area (Å²) >= 11 is 0. The van der Waals surface area contributed by atoms with Gasteiger partial charge in [-0.3, -0.25) is 4.79 Å². The molecule has 0 saturated carbocycles. The highest BCUT2D eigenvalue weighted by molar-refractivity contribution is 5.72. The number of rotatable bonds is 4. The lowest BCUT2D eigenvalue weighted by Gasteiger charge is -2.38. The van der Waals surface area contributed by atoms with E-state index in [-0.39, 0.29) is 12.0 Å². The van der Waals surface area contributed by atoms with Crippen molar-refractivity contribution in [2.75, 3.05) is 18.6 Å². The minimum Gasteiger partial charge on any atom is -0.489 e. The minimum absolute atomic E-state index is 0.0254. The van der Waals surface area contributed by atoms with E-state index < -0.39 is 0 Å². The number of fused-ring (bicyclic) bond motifs is 1. The standard InChI is InChI=1S/C18H19NO3/c1-21-18(20)11-15-13-22-17-10-6-5-9-16(17)19(15)12-14-7-3-2-4-8-14/h2-10,15H,11-13H2,1H3/t15-/m1/s1. The summed E-state index contributed by atoms with van der Waals surface area (Å²) in [6.45, 7) is 1.22.